The number of rotatable bonds is 2. The van der Waals surface area contributed by atoms with Crippen molar-refractivity contribution in [1.82, 2.24) is 0 Å². The van der Waals surface area contributed by atoms with Crippen LogP contribution in [-0.2, 0) is 0 Å². The molecule has 0 bridgehead atoms. The molecule has 0 unspecified atom stereocenters. The lowest BCUT2D eigenvalue weighted by molar-refractivity contribution is 0.669. The van der Waals surface area contributed by atoms with E-state index < -0.39 is 12.1 Å². The fraction of sp³-hybridized carbons (Fsp3) is 0. The first-order valence-electron chi connectivity index (χ1n) is 16.4. The second-order valence-corrected chi connectivity index (χ2v) is 9.96. The topological polar surface area (TPSA) is 13.1 Å². The number of benzene rings is 8. The lowest BCUT2D eigenvalue weighted by Crippen LogP contribution is -1.90. The van der Waals surface area contributed by atoms with Crippen molar-refractivity contribution in [2.75, 3.05) is 0 Å². The lowest BCUT2D eigenvalue weighted by Gasteiger charge is -2.17. The molecule has 0 aliphatic heterocycles. The third kappa shape index (κ3) is 2.90. The molecule has 0 aliphatic carbocycles. The highest BCUT2D eigenvalue weighted by molar-refractivity contribution is 6.28. The standard InChI is InChI=1S/C38H22O/c1-2-8-27-23(6-1)7-5-10-29(27)30-18-13-25-14-19-32-28(17-12-24-15-20-33(30)38(25)37(24)32)26-16-21-36-34(22-26)31-9-3-4-11-35(31)39-36/h1-22H/i1D,2D,5D,6D,7D,8D,10D. The predicted molar refractivity (Wildman–Crippen MR) is 166 cm³/mol. The SMILES string of the molecule is [2H]c1c([2H])c([2H])c2c(-c3ccc4ccc5c(-c6ccc7oc8ccccc8c7c6)ccc6ccc3c4c65)c([2H])c([2H])c([2H])c2c1[2H]. The average molecular weight is 502 g/mol. The first-order chi connectivity index (χ1) is 22.2. The van der Waals surface area contributed by atoms with Gasteiger partial charge in [-0.15, -0.1) is 0 Å². The van der Waals surface area contributed by atoms with E-state index >= 15 is 0 Å². The molecule has 0 saturated heterocycles. The Labute approximate surface area is 234 Å². The molecule has 0 saturated carbocycles. The van der Waals surface area contributed by atoms with E-state index in [2.05, 4.69) is 42.5 Å². The maximum Gasteiger partial charge on any atom is 0.135 e. The Morgan fingerprint density at radius 3 is 2.00 bits per heavy atom. The van der Waals surface area contributed by atoms with E-state index in [0.717, 1.165) is 65.4 Å². The van der Waals surface area contributed by atoms with Crippen LogP contribution >= 0.6 is 0 Å². The van der Waals surface area contributed by atoms with Gasteiger partial charge in [0, 0.05) is 10.8 Å². The minimum absolute atomic E-state index is 0.0443. The van der Waals surface area contributed by atoms with Crippen LogP contribution in [-0.4, -0.2) is 0 Å². The van der Waals surface area contributed by atoms with Crippen molar-refractivity contribution < 1.29 is 14.0 Å². The molecular weight excluding hydrogens is 472 g/mol. The van der Waals surface area contributed by atoms with Gasteiger partial charge in [0.05, 0.1) is 9.60 Å². The summed E-state index contributed by atoms with van der Waals surface area (Å²) in [5.74, 6) is 0. The molecule has 0 aliphatic rings. The van der Waals surface area contributed by atoms with Gasteiger partial charge < -0.3 is 4.42 Å². The zero-order valence-corrected chi connectivity index (χ0v) is 20.6. The summed E-state index contributed by atoms with van der Waals surface area (Å²) < 4.78 is 66.1. The van der Waals surface area contributed by atoms with Gasteiger partial charge in [-0.1, -0.05) is 115 Å². The number of fused-ring (bicyclic) bond motifs is 4. The largest absolute Gasteiger partial charge is 0.456 e. The summed E-state index contributed by atoms with van der Waals surface area (Å²) in [6, 6.07) is 28.0. The van der Waals surface area contributed by atoms with Crippen LogP contribution in [0.3, 0.4) is 0 Å². The molecule has 8 aromatic carbocycles. The van der Waals surface area contributed by atoms with Crippen molar-refractivity contribution in [2.45, 2.75) is 0 Å². The quantitative estimate of drug-likeness (QED) is 0.215. The van der Waals surface area contributed by atoms with E-state index in [1.54, 1.807) is 0 Å². The van der Waals surface area contributed by atoms with Gasteiger partial charge in [0.2, 0.25) is 0 Å². The third-order valence-electron chi connectivity index (χ3n) is 7.93. The molecule has 9 aromatic rings. The minimum Gasteiger partial charge on any atom is -0.456 e. The van der Waals surface area contributed by atoms with Crippen molar-refractivity contribution in [3.05, 3.63) is 133 Å². The molecule has 9 rings (SSSR count). The smallest absolute Gasteiger partial charge is 0.135 e. The van der Waals surface area contributed by atoms with Crippen LogP contribution in [0.2, 0.25) is 0 Å². The summed E-state index contributed by atoms with van der Waals surface area (Å²) in [5, 5.41) is 8.08. The molecule has 0 amide bonds. The van der Waals surface area contributed by atoms with Crippen LogP contribution in [0.25, 0.3) is 87.3 Å². The first kappa shape index (κ1) is 15.3. The molecule has 1 heterocycles. The third-order valence-corrected chi connectivity index (χ3v) is 7.93. The Hall–Kier alpha value is -5.14. The average Bonchev–Trinajstić information content (AvgIpc) is 3.45. The predicted octanol–water partition coefficient (Wildman–Crippen LogP) is 11.0. The van der Waals surface area contributed by atoms with Gasteiger partial charge in [-0.25, -0.2) is 0 Å². The highest BCUT2D eigenvalue weighted by Crippen LogP contribution is 2.44. The number of hydrogen-bond donors (Lipinski definition) is 0. The van der Waals surface area contributed by atoms with Crippen molar-refractivity contribution in [1.29, 1.82) is 0 Å². The fourth-order valence-corrected chi connectivity index (χ4v) is 6.18. The Bertz CT molecular complexity index is 2770. The van der Waals surface area contributed by atoms with Crippen LogP contribution in [0.4, 0.5) is 0 Å². The number of para-hydroxylation sites is 1. The highest BCUT2D eigenvalue weighted by Gasteiger charge is 2.16. The second-order valence-electron chi connectivity index (χ2n) is 9.96. The fourth-order valence-electron chi connectivity index (χ4n) is 6.18. The summed E-state index contributed by atoms with van der Waals surface area (Å²) in [6.07, 6.45) is 0. The molecule has 180 valence electrons. The minimum atomic E-state index is -0.460. The Kier molecular flexibility index (Phi) is 3.02. The van der Waals surface area contributed by atoms with E-state index in [1.165, 1.54) is 0 Å². The van der Waals surface area contributed by atoms with Gasteiger partial charge in [0.15, 0.2) is 0 Å². The van der Waals surface area contributed by atoms with Crippen LogP contribution in [0.15, 0.2) is 138 Å². The zero-order chi connectivity index (χ0) is 31.6. The van der Waals surface area contributed by atoms with Gasteiger partial charge in [-0.3, -0.25) is 0 Å². The van der Waals surface area contributed by atoms with Crippen molar-refractivity contribution in [3.8, 4) is 22.3 Å². The lowest BCUT2D eigenvalue weighted by atomic mass is 9.86. The molecule has 1 nitrogen and oxygen atoms in total. The molecule has 0 N–H and O–H groups in total. The molecule has 0 spiro atoms. The molecule has 1 aromatic heterocycles. The van der Waals surface area contributed by atoms with Crippen molar-refractivity contribution in [2.24, 2.45) is 0 Å². The highest BCUT2D eigenvalue weighted by atomic mass is 16.3. The van der Waals surface area contributed by atoms with E-state index in [-0.39, 0.29) is 46.5 Å². The van der Waals surface area contributed by atoms with E-state index in [9.17, 15) is 0 Å². The van der Waals surface area contributed by atoms with Crippen LogP contribution < -0.4 is 0 Å². The summed E-state index contributed by atoms with van der Waals surface area (Å²) in [6.45, 7) is 0. The van der Waals surface area contributed by atoms with E-state index in [1.807, 2.05) is 48.5 Å². The second kappa shape index (κ2) is 7.69. The van der Waals surface area contributed by atoms with Gasteiger partial charge in [0.25, 0.3) is 0 Å². The Morgan fingerprint density at radius 1 is 0.436 bits per heavy atom. The first-order valence-corrected chi connectivity index (χ1v) is 12.9. The van der Waals surface area contributed by atoms with Gasteiger partial charge in [0.1, 0.15) is 11.2 Å². The summed E-state index contributed by atoms with van der Waals surface area (Å²) in [7, 11) is 0. The van der Waals surface area contributed by atoms with Crippen LogP contribution in [0, 0.1) is 0 Å². The van der Waals surface area contributed by atoms with Crippen molar-refractivity contribution in [3.63, 3.8) is 0 Å². The Morgan fingerprint density at radius 2 is 1.13 bits per heavy atom. The molecule has 0 fully saturated rings. The van der Waals surface area contributed by atoms with E-state index in [0.29, 0.717) is 5.56 Å². The van der Waals surface area contributed by atoms with Gasteiger partial charge >= 0.3 is 0 Å². The molecule has 0 radical (unpaired) electrons. The molecular formula is C38H22O. The monoisotopic (exact) mass is 501 g/mol. The molecule has 1 heteroatoms. The normalized spacial score (nSPS) is 14.6. The summed E-state index contributed by atoms with van der Waals surface area (Å²) >= 11 is 0. The van der Waals surface area contributed by atoms with Crippen LogP contribution in [0.5, 0.6) is 0 Å². The number of furan rings is 1. The summed E-state index contributed by atoms with van der Waals surface area (Å²) in [4.78, 5) is 0. The maximum absolute atomic E-state index is 8.97. The van der Waals surface area contributed by atoms with Crippen molar-refractivity contribution >= 4 is 65.0 Å². The van der Waals surface area contributed by atoms with Crippen LogP contribution in [0.1, 0.15) is 9.60 Å². The van der Waals surface area contributed by atoms with Gasteiger partial charge in [-0.05, 0) is 83.5 Å². The number of hydrogen-bond acceptors (Lipinski definition) is 1. The van der Waals surface area contributed by atoms with Gasteiger partial charge in [-0.2, -0.15) is 0 Å². The summed E-state index contributed by atoms with van der Waals surface area (Å²) in [5.41, 5.74) is 4.62. The zero-order valence-electron chi connectivity index (χ0n) is 27.6. The maximum atomic E-state index is 8.97. The van der Waals surface area contributed by atoms with E-state index in [4.69, 9.17) is 14.0 Å². The molecule has 0 atom stereocenters. The Balaban J connectivity index is 1.37. The molecule has 39 heavy (non-hydrogen) atoms.